The number of carboxylic acid groups (broad SMARTS) is 1. The van der Waals surface area contributed by atoms with Crippen molar-refractivity contribution in [2.75, 3.05) is 10.9 Å². The van der Waals surface area contributed by atoms with Crippen LogP contribution in [0.5, 0.6) is 5.75 Å². The third-order valence-corrected chi connectivity index (χ3v) is 6.30. The molecule has 0 spiro atoms. The predicted molar refractivity (Wildman–Crippen MR) is 121 cm³/mol. The van der Waals surface area contributed by atoms with Gasteiger partial charge in [0.15, 0.2) is 6.61 Å². The van der Waals surface area contributed by atoms with E-state index in [0.29, 0.717) is 35.5 Å². The molecule has 0 bridgehead atoms. The molecule has 1 aliphatic rings. The number of benzene rings is 2. The number of hydrogen-bond acceptors (Lipinski definition) is 6. The number of aromatic nitrogens is 1. The SMILES string of the molecule is N#Cc1cccc(-c2ccc(N(C3CCCc4c(OCC(=O)O)cccc43)S(=O)[O-])cn2)c1. The van der Waals surface area contributed by atoms with Crippen molar-refractivity contribution < 1.29 is 23.4 Å². The molecule has 168 valence electrons. The van der Waals surface area contributed by atoms with Crippen LogP contribution < -0.4 is 9.04 Å². The Morgan fingerprint density at radius 2 is 2.09 bits per heavy atom. The molecule has 1 N–H and O–H groups in total. The van der Waals surface area contributed by atoms with E-state index in [-0.39, 0.29) is 0 Å². The number of hydrogen-bond donors (Lipinski definition) is 1. The summed E-state index contributed by atoms with van der Waals surface area (Å²) < 4.78 is 31.3. The van der Waals surface area contributed by atoms with E-state index in [1.54, 1.807) is 42.5 Å². The normalized spacial score (nSPS) is 15.7. The summed E-state index contributed by atoms with van der Waals surface area (Å²) in [5.41, 5.74) is 3.93. The Hall–Kier alpha value is -3.74. The number of fused-ring (bicyclic) bond motifs is 1. The molecule has 0 saturated carbocycles. The highest BCUT2D eigenvalue weighted by molar-refractivity contribution is 7.80. The van der Waals surface area contributed by atoms with Crippen LogP contribution in [0, 0.1) is 11.3 Å². The summed E-state index contributed by atoms with van der Waals surface area (Å²) >= 11 is -2.57. The topological polar surface area (TPSA) is 127 Å². The molecule has 33 heavy (non-hydrogen) atoms. The molecule has 3 aromatic rings. The quantitative estimate of drug-likeness (QED) is 0.530. The van der Waals surface area contributed by atoms with Gasteiger partial charge in [-0.05, 0) is 60.7 Å². The van der Waals surface area contributed by atoms with Gasteiger partial charge in [-0.15, -0.1) is 0 Å². The van der Waals surface area contributed by atoms with Crippen LogP contribution in [0.15, 0.2) is 60.8 Å². The summed E-state index contributed by atoms with van der Waals surface area (Å²) in [5, 5.41) is 18.0. The monoisotopic (exact) mass is 462 g/mol. The highest BCUT2D eigenvalue weighted by Crippen LogP contribution is 2.41. The third-order valence-electron chi connectivity index (χ3n) is 5.52. The molecule has 8 nitrogen and oxygen atoms in total. The van der Waals surface area contributed by atoms with E-state index >= 15 is 0 Å². The minimum Gasteiger partial charge on any atom is -0.755 e. The second-order valence-corrected chi connectivity index (χ2v) is 8.38. The van der Waals surface area contributed by atoms with E-state index in [4.69, 9.17) is 15.1 Å². The van der Waals surface area contributed by atoms with E-state index in [1.165, 1.54) is 10.5 Å². The highest BCUT2D eigenvalue weighted by Gasteiger charge is 2.29. The average molecular weight is 463 g/mol. The number of carbonyl (C=O) groups is 1. The molecule has 0 aliphatic heterocycles. The summed E-state index contributed by atoms with van der Waals surface area (Å²) in [7, 11) is 0. The maximum absolute atomic E-state index is 12.3. The number of nitriles is 1. The summed E-state index contributed by atoms with van der Waals surface area (Å²) in [6.07, 6.45) is 3.51. The Bertz CT molecular complexity index is 1240. The van der Waals surface area contributed by atoms with Gasteiger partial charge in [0, 0.05) is 16.8 Å². The zero-order valence-corrected chi connectivity index (χ0v) is 18.3. The van der Waals surface area contributed by atoms with Gasteiger partial charge in [-0.25, -0.2) is 4.79 Å². The Morgan fingerprint density at radius 1 is 1.27 bits per heavy atom. The summed E-state index contributed by atoms with van der Waals surface area (Å²) in [6.45, 7) is -0.462. The molecule has 1 aromatic heterocycles. The van der Waals surface area contributed by atoms with Crippen molar-refractivity contribution in [1.29, 1.82) is 5.26 Å². The molecule has 1 heterocycles. The molecule has 0 fully saturated rings. The lowest BCUT2D eigenvalue weighted by molar-refractivity contribution is -0.139. The molecule has 2 atom stereocenters. The van der Waals surface area contributed by atoms with Gasteiger partial charge >= 0.3 is 5.97 Å². The lowest BCUT2D eigenvalue weighted by atomic mass is 9.87. The summed E-state index contributed by atoms with van der Waals surface area (Å²) in [5.74, 6) is -0.615. The van der Waals surface area contributed by atoms with E-state index in [1.807, 2.05) is 12.1 Å². The number of ether oxygens (including phenoxy) is 1. The minimum absolute atomic E-state index is 0.415. The van der Waals surface area contributed by atoms with Gasteiger partial charge in [0.1, 0.15) is 5.75 Å². The van der Waals surface area contributed by atoms with Crippen molar-refractivity contribution in [2.45, 2.75) is 25.3 Å². The van der Waals surface area contributed by atoms with Gasteiger partial charge in [0.2, 0.25) is 0 Å². The van der Waals surface area contributed by atoms with Gasteiger partial charge in [-0.1, -0.05) is 24.3 Å². The van der Waals surface area contributed by atoms with Crippen LogP contribution in [0.3, 0.4) is 0 Å². The largest absolute Gasteiger partial charge is 0.755 e. The van der Waals surface area contributed by atoms with Crippen molar-refractivity contribution in [3.63, 3.8) is 0 Å². The van der Waals surface area contributed by atoms with Crippen LogP contribution in [0.25, 0.3) is 11.3 Å². The van der Waals surface area contributed by atoms with E-state index in [2.05, 4.69) is 11.1 Å². The lowest BCUT2D eigenvalue weighted by Gasteiger charge is -2.38. The number of carboxylic acids is 1. The first-order valence-corrected chi connectivity index (χ1v) is 11.3. The average Bonchev–Trinajstić information content (AvgIpc) is 2.83. The Balaban J connectivity index is 1.66. The van der Waals surface area contributed by atoms with Gasteiger partial charge < -0.3 is 14.4 Å². The van der Waals surface area contributed by atoms with E-state index in [0.717, 1.165) is 23.1 Å². The second-order valence-electron chi connectivity index (χ2n) is 7.55. The van der Waals surface area contributed by atoms with Crippen LogP contribution in [-0.2, 0) is 22.5 Å². The van der Waals surface area contributed by atoms with Crippen LogP contribution in [0.2, 0.25) is 0 Å². The number of anilines is 1. The molecule has 9 heteroatoms. The zero-order valence-electron chi connectivity index (χ0n) is 17.5. The fourth-order valence-corrected chi connectivity index (χ4v) is 4.82. The molecule has 0 amide bonds. The molecule has 2 unspecified atom stereocenters. The predicted octanol–water partition coefficient (Wildman–Crippen LogP) is 3.76. The van der Waals surface area contributed by atoms with Gasteiger partial charge in [0.25, 0.3) is 0 Å². The first-order valence-electron chi connectivity index (χ1n) is 10.3. The first kappa shape index (κ1) is 22.5. The van der Waals surface area contributed by atoms with Crippen LogP contribution in [0.1, 0.15) is 35.6 Å². The molecular formula is C24H20N3O5S-. The summed E-state index contributed by atoms with van der Waals surface area (Å²) in [4.78, 5) is 15.3. The number of aliphatic carboxylic acids is 1. The lowest BCUT2D eigenvalue weighted by Crippen LogP contribution is -2.33. The summed E-state index contributed by atoms with van der Waals surface area (Å²) in [6, 6.07) is 17.4. The molecule has 0 saturated heterocycles. The van der Waals surface area contributed by atoms with E-state index < -0.39 is 29.9 Å². The molecule has 1 aliphatic carbocycles. The molecule has 0 radical (unpaired) electrons. The van der Waals surface area contributed by atoms with Crippen LogP contribution >= 0.6 is 0 Å². The minimum atomic E-state index is -2.57. The van der Waals surface area contributed by atoms with Crippen molar-refractivity contribution in [1.82, 2.24) is 4.98 Å². The Kier molecular flexibility index (Phi) is 6.68. The maximum atomic E-state index is 12.3. The smallest absolute Gasteiger partial charge is 0.341 e. The number of pyridine rings is 1. The number of nitrogens with zero attached hydrogens (tertiary/aromatic N) is 3. The van der Waals surface area contributed by atoms with Gasteiger partial charge in [0.05, 0.1) is 35.3 Å². The number of rotatable bonds is 7. The van der Waals surface area contributed by atoms with Crippen LogP contribution in [-0.4, -0.2) is 31.4 Å². The van der Waals surface area contributed by atoms with Crippen LogP contribution in [0.4, 0.5) is 5.69 Å². The molecular weight excluding hydrogens is 442 g/mol. The first-order chi connectivity index (χ1) is 16.0. The Labute approximate surface area is 193 Å². The standard InChI is InChI=1S/C24H21N3O5S/c25-13-16-4-1-5-17(12-16)21-11-10-18(14-26-21)27(33(30)31)22-8-2-7-20-19(22)6-3-9-23(20)32-15-24(28)29/h1,3-6,9-12,14,22H,2,7-8,15H2,(H,28,29)(H,30,31)/p-1. The third kappa shape index (κ3) is 4.87. The molecule has 4 rings (SSSR count). The van der Waals surface area contributed by atoms with Crippen molar-refractivity contribution >= 4 is 22.9 Å². The zero-order chi connectivity index (χ0) is 23.4. The van der Waals surface area contributed by atoms with Crippen molar-refractivity contribution in [3.8, 4) is 23.1 Å². The maximum Gasteiger partial charge on any atom is 0.341 e. The fraction of sp³-hybridized carbons (Fsp3) is 0.208. The van der Waals surface area contributed by atoms with Gasteiger partial charge in [-0.2, -0.15) is 5.26 Å². The van der Waals surface area contributed by atoms with E-state index in [9.17, 15) is 13.6 Å². The van der Waals surface area contributed by atoms with Gasteiger partial charge in [-0.3, -0.25) is 13.5 Å². The second kappa shape index (κ2) is 9.81. The molecule has 2 aromatic carbocycles. The highest BCUT2D eigenvalue weighted by atomic mass is 32.2. The van der Waals surface area contributed by atoms with Crippen molar-refractivity contribution in [3.05, 3.63) is 77.5 Å². The Morgan fingerprint density at radius 3 is 2.79 bits per heavy atom. The van der Waals surface area contributed by atoms with Crippen molar-refractivity contribution in [2.24, 2.45) is 0 Å². The fourth-order valence-electron chi connectivity index (χ4n) is 4.11.